The Morgan fingerprint density at radius 1 is 1.09 bits per heavy atom. The van der Waals surface area contributed by atoms with Crippen molar-refractivity contribution in [3.8, 4) is 27.5 Å². The van der Waals surface area contributed by atoms with Gasteiger partial charge in [0.25, 0.3) is 0 Å². The van der Waals surface area contributed by atoms with Gasteiger partial charge >= 0.3 is 5.97 Å². The second kappa shape index (κ2) is 12.3. The molecule has 1 aliphatic carbocycles. The van der Waals surface area contributed by atoms with E-state index >= 15 is 4.39 Å². The van der Waals surface area contributed by atoms with E-state index in [1.807, 2.05) is 12.1 Å². The van der Waals surface area contributed by atoms with Crippen LogP contribution in [0.25, 0.3) is 27.5 Å². The molecule has 1 saturated carbocycles. The van der Waals surface area contributed by atoms with Crippen molar-refractivity contribution in [2.75, 3.05) is 6.61 Å². The van der Waals surface area contributed by atoms with Gasteiger partial charge < -0.3 is 9.29 Å². The summed E-state index contributed by atoms with van der Waals surface area (Å²) in [5.74, 6) is -0.562. The molecule has 0 aliphatic heterocycles. The van der Waals surface area contributed by atoms with Crippen molar-refractivity contribution in [3.05, 3.63) is 106 Å². The molecule has 1 fully saturated rings. The summed E-state index contributed by atoms with van der Waals surface area (Å²) in [4.78, 5) is 17.0. The Morgan fingerprint density at radius 2 is 1.86 bits per heavy atom. The number of aryl methyl sites for hydroxylation is 1. The van der Waals surface area contributed by atoms with Crippen LogP contribution in [-0.4, -0.2) is 36.1 Å². The van der Waals surface area contributed by atoms with Crippen molar-refractivity contribution in [2.45, 2.75) is 44.4 Å². The van der Waals surface area contributed by atoms with Gasteiger partial charge in [-0.15, -0.1) is 11.3 Å². The lowest BCUT2D eigenvalue weighted by molar-refractivity contribution is 0.0520. The molecule has 0 radical (unpaired) electrons. The van der Waals surface area contributed by atoms with E-state index in [4.69, 9.17) is 9.84 Å². The quantitative estimate of drug-likeness (QED) is 0.130. The van der Waals surface area contributed by atoms with Gasteiger partial charge in [0, 0.05) is 22.9 Å². The summed E-state index contributed by atoms with van der Waals surface area (Å²) in [5.41, 5.74) is 7.24. The van der Waals surface area contributed by atoms with Crippen LogP contribution in [0.5, 0.6) is 0 Å². The van der Waals surface area contributed by atoms with Crippen molar-refractivity contribution in [1.82, 2.24) is 14.8 Å². The molecule has 0 spiro atoms. The fourth-order valence-electron chi connectivity index (χ4n) is 5.09. The maximum Gasteiger partial charge on any atom is 0.357 e. The van der Waals surface area contributed by atoms with E-state index in [0.717, 1.165) is 53.3 Å². The number of carbonyl (C=O) groups is 1. The third kappa shape index (κ3) is 6.36. The number of hydrogen-bond acceptors (Lipinski definition) is 6. The first-order chi connectivity index (χ1) is 20.8. The number of nitrogens with zero attached hydrogens (tertiary/aromatic N) is 3. The van der Waals surface area contributed by atoms with Crippen LogP contribution in [0.15, 0.2) is 77.0 Å². The van der Waals surface area contributed by atoms with Crippen LogP contribution in [0.1, 0.15) is 52.6 Å². The Labute approximate surface area is 255 Å². The Kier molecular flexibility index (Phi) is 8.34. The summed E-state index contributed by atoms with van der Waals surface area (Å²) in [6.07, 6.45) is 3.15. The zero-order chi connectivity index (χ0) is 30.1. The van der Waals surface area contributed by atoms with Crippen molar-refractivity contribution in [3.63, 3.8) is 0 Å². The second-order valence-corrected chi connectivity index (χ2v) is 12.5. The van der Waals surface area contributed by atoms with Crippen LogP contribution in [-0.2, 0) is 28.7 Å². The third-order valence-electron chi connectivity index (χ3n) is 7.54. The minimum atomic E-state index is -2.28. The van der Waals surface area contributed by atoms with Gasteiger partial charge in [-0.2, -0.15) is 5.10 Å². The molecule has 1 atom stereocenters. The molecule has 7 nitrogen and oxygen atoms in total. The molecule has 0 amide bonds. The average molecular weight is 616 g/mol. The first-order valence-corrected chi connectivity index (χ1v) is 16.1. The van der Waals surface area contributed by atoms with Gasteiger partial charge in [-0.1, -0.05) is 54.1 Å². The average Bonchev–Trinajstić information content (AvgIpc) is 3.56. The topological polar surface area (TPSA) is 94.3 Å². The fraction of sp³-hybridized carbons (Fsp3) is 0.242. The predicted octanol–water partition coefficient (Wildman–Crippen LogP) is 7.41. The van der Waals surface area contributed by atoms with Crippen LogP contribution in [0, 0.1) is 18.7 Å². The lowest BCUT2D eigenvalue weighted by atomic mass is 9.95. The number of halogens is 1. The molecule has 3 aromatic carbocycles. The Morgan fingerprint density at radius 3 is 2.56 bits per heavy atom. The molecule has 2 heterocycles. The highest BCUT2D eigenvalue weighted by molar-refractivity contribution is 7.79. The molecule has 5 aromatic rings. The lowest BCUT2D eigenvalue weighted by Crippen LogP contribution is -2.08. The summed E-state index contributed by atoms with van der Waals surface area (Å²) >= 11 is -0.975. The highest BCUT2D eigenvalue weighted by Crippen LogP contribution is 2.39. The minimum absolute atomic E-state index is 0.00968. The maximum absolute atomic E-state index is 15.3. The van der Waals surface area contributed by atoms with Crippen LogP contribution in [0.4, 0.5) is 4.39 Å². The van der Waals surface area contributed by atoms with E-state index in [1.165, 1.54) is 23.0 Å². The van der Waals surface area contributed by atoms with Gasteiger partial charge in [0.2, 0.25) is 5.13 Å². The molecule has 1 unspecified atom stereocenters. The highest BCUT2D eigenvalue weighted by atomic mass is 32.2. The fourth-order valence-corrected chi connectivity index (χ4v) is 6.25. The van der Waals surface area contributed by atoms with Gasteiger partial charge in [-0.25, -0.2) is 23.1 Å². The first kappa shape index (κ1) is 29.1. The van der Waals surface area contributed by atoms with E-state index in [-0.39, 0.29) is 23.6 Å². The third-order valence-corrected chi connectivity index (χ3v) is 9.01. The molecule has 0 bridgehead atoms. The molecule has 2 aromatic heterocycles. The van der Waals surface area contributed by atoms with Crippen molar-refractivity contribution in [1.29, 1.82) is 0 Å². The van der Waals surface area contributed by atoms with Gasteiger partial charge in [0.15, 0.2) is 16.8 Å². The second-order valence-electron chi connectivity index (χ2n) is 10.7. The van der Waals surface area contributed by atoms with Crippen LogP contribution < -0.4 is 0 Å². The number of aromatic nitrogens is 3. The number of ether oxygens (including phenoxy) is 1. The van der Waals surface area contributed by atoms with Crippen LogP contribution >= 0.6 is 11.3 Å². The zero-order valence-corrected chi connectivity index (χ0v) is 25.4. The van der Waals surface area contributed by atoms with E-state index in [1.54, 1.807) is 23.1 Å². The van der Waals surface area contributed by atoms with Crippen LogP contribution in [0.2, 0.25) is 0 Å². The van der Waals surface area contributed by atoms with Gasteiger partial charge in [-0.05, 0) is 73.9 Å². The number of hydrogen-bond donors (Lipinski definition) is 1. The van der Waals surface area contributed by atoms with E-state index in [2.05, 4.69) is 48.3 Å². The highest BCUT2D eigenvalue weighted by Gasteiger charge is 2.30. The number of benzene rings is 3. The molecule has 10 heteroatoms. The zero-order valence-electron chi connectivity index (χ0n) is 23.7. The van der Waals surface area contributed by atoms with E-state index < -0.39 is 22.9 Å². The molecule has 6 rings (SSSR count). The van der Waals surface area contributed by atoms with Gasteiger partial charge in [0.05, 0.1) is 22.9 Å². The molecule has 43 heavy (non-hydrogen) atoms. The SMILES string of the molecule is CCOC(=O)c1csc(-n2nc(-c3cccc(-c4ccc(C)cc4)c3)c(Cc3ccc(S(=O)O)cc3F)c2CC2CC2)n1. The molecular weight excluding hydrogens is 586 g/mol. The minimum Gasteiger partial charge on any atom is -0.461 e. The predicted molar refractivity (Wildman–Crippen MR) is 165 cm³/mol. The molecular formula is C33H30FN3O4S2. The molecule has 0 saturated heterocycles. The monoisotopic (exact) mass is 615 g/mol. The summed E-state index contributed by atoms with van der Waals surface area (Å²) in [7, 11) is 0. The Bertz CT molecular complexity index is 1830. The summed E-state index contributed by atoms with van der Waals surface area (Å²) in [5, 5.41) is 7.27. The van der Waals surface area contributed by atoms with Crippen LogP contribution in [0.3, 0.4) is 0 Å². The van der Waals surface area contributed by atoms with Crippen molar-refractivity contribution >= 4 is 28.4 Å². The normalized spacial score (nSPS) is 13.7. The summed E-state index contributed by atoms with van der Waals surface area (Å²) in [6, 6.07) is 20.6. The van der Waals surface area contributed by atoms with E-state index in [0.29, 0.717) is 22.3 Å². The lowest BCUT2D eigenvalue weighted by Gasteiger charge is -2.10. The smallest absolute Gasteiger partial charge is 0.357 e. The standard InChI is InChI=1S/C33H30FN3O4S2/c1-3-41-32(38)29-19-42-33(35-29)37-30(15-21-9-10-21)27(17-24-13-14-26(43(39)40)18-28(24)34)31(36-37)25-6-4-5-23(16-25)22-11-7-20(2)8-12-22/h4-8,11-14,16,18-19,21H,3,9-10,15,17H2,1-2H3,(H,39,40). The Balaban J connectivity index is 1.51. The van der Waals surface area contributed by atoms with Gasteiger partial charge in [-0.3, -0.25) is 0 Å². The first-order valence-electron chi connectivity index (χ1n) is 14.1. The number of thiazole rings is 1. The number of rotatable bonds is 10. The molecule has 1 N–H and O–H groups in total. The maximum atomic E-state index is 15.3. The summed E-state index contributed by atoms with van der Waals surface area (Å²) < 4.78 is 43.3. The van der Waals surface area contributed by atoms with Crippen molar-refractivity contribution < 1.29 is 22.7 Å². The van der Waals surface area contributed by atoms with Gasteiger partial charge in [0.1, 0.15) is 5.82 Å². The van der Waals surface area contributed by atoms with E-state index in [9.17, 15) is 13.6 Å². The summed E-state index contributed by atoms with van der Waals surface area (Å²) in [6.45, 7) is 4.05. The molecule has 220 valence electrons. The number of carbonyl (C=O) groups excluding carboxylic acids is 1. The number of esters is 1. The van der Waals surface area contributed by atoms with Crippen molar-refractivity contribution in [2.24, 2.45) is 5.92 Å². The Hall–Kier alpha value is -3.99. The largest absolute Gasteiger partial charge is 0.461 e. The molecule has 1 aliphatic rings.